The Morgan fingerprint density at radius 3 is 2.56 bits per heavy atom. The van der Waals surface area contributed by atoms with Gasteiger partial charge >= 0.3 is 0 Å². The summed E-state index contributed by atoms with van der Waals surface area (Å²) in [5.74, 6) is 1.53. The summed E-state index contributed by atoms with van der Waals surface area (Å²) in [5, 5.41) is 8.18. The molecule has 0 saturated carbocycles. The average Bonchev–Trinajstić information content (AvgIpc) is 3.66. The molecular weight excluding hydrogens is 587 g/mol. The molecule has 0 bridgehead atoms. The molecule has 2 N–H and O–H groups in total. The molecule has 1 aliphatic rings. The van der Waals surface area contributed by atoms with Gasteiger partial charge in [0.15, 0.2) is 0 Å². The number of thiazole rings is 1. The number of nitrogens with one attached hydrogen (secondary N) is 2. The van der Waals surface area contributed by atoms with E-state index < -0.39 is 10.0 Å². The largest absolute Gasteiger partial charge is 0.378 e. The topological polar surface area (TPSA) is 140 Å². The highest BCUT2D eigenvalue weighted by atomic mass is 32.2. The molecule has 0 unspecified atom stereocenters. The number of ether oxygens (including phenoxy) is 1. The van der Waals surface area contributed by atoms with Gasteiger partial charge in [0.2, 0.25) is 5.95 Å². The molecule has 0 aliphatic carbocycles. The number of morpholine rings is 1. The Bertz CT molecular complexity index is 1830. The molecule has 1 fully saturated rings. The molecular formula is C29H31N9O3S2. The minimum absolute atomic E-state index is 0.0868. The van der Waals surface area contributed by atoms with Crippen LogP contribution in [0.4, 0.5) is 23.1 Å². The second-order valence-electron chi connectivity index (χ2n) is 10.3. The zero-order valence-corrected chi connectivity index (χ0v) is 25.6. The first-order valence-electron chi connectivity index (χ1n) is 13.8. The Labute approximate surface area is 253 Å². The molecule has 1 aromatic carbocycles. The van der Waals surface area contributed by atoms with Crippen LogP contribution in [-0.2, 0) is 21.8 Å². The number of nitrogens with zero attached hydrogens (tertiary/aromatic N) is 7. The van der Waals surface area contributed by atoms with Crippen molar-refractivity contribution < 1.29 is 13.2 Å². The third-order valence-corrected chi connectivity index (χ3v) is 9.46. The lowest BCUT2D eigenvalue weighted by molar-refractivity contribution is 0.122. The molecule has 4 aromatic heterocycles. The van der Waals surface area contributed by atoms with Crippen molar-refractivity contribution in [2.75, 3.05) is 41.2 Å². The molecule has 0 amide bonds. The van der Waals surface area contributed by atoms with Crippen molar-refractivity contribution in [1.82, 2.24) is 29.7 Å². The number of hydrogen-bond acceptors (Lipinski definition) is 11. The Morgan fingerprint density at radius 1 is 1.00 bits per heavy atom. The Kier molecular flexibility index (Phi) is 8.06. The van der Waals surface area contributed by atoms with E-state index in [-0.39, 0.29) is 10.8 Å². The fraction of sp³-hybridized carbons (Fsp3) is 0.276. The maximum Gasteiger partial charge on any atom is 0.265 e. The number of sulfonamides is 1. The highest BCUT2D eigenvalue weighted by Gasteiger charge is 2.21. The van der Waals surface area contributed by atoms with Crippen LogP contribution >= 0.6 is 11.3 Å². The molecule has 0 spiro atoms. The zero-order chi connectivity index (χ0) is 30.0. The number of pyridine rings is 1. The Morgan fingerprint density at radius 2 is 1.84 bits per heavy atom. The second kappa shape index (κ2) is 12.1. The molecule has 222 valence electrons. The zero-order valence-electron chi connectivity index (χ0n) is 23.9. The molecule has 1 saturated heterocycles. The van der Waals surface area contributed by atoms with E-state index in [1.54, 1.807) is 49.0 Å². The van der Waals surface area contributed by atoms with Crippen molar-refractivity contribution >= 4 is 44.5 Å². The molecule has 5 aromatic rings. The van der Waals surface area contributed by atoms with Crippen LogP contribution < -0.4 is 14.9 Å². The van der Waals surface area contributed by atoms with Crippen molar-refractivity contribution in [3.63, 3.8) is 0 Å². The Balaban J connectivity index is 1.27. The standard InChI is InChI=1S/C29H31N9O3S2/c1-19(2)28-35-26(20-5-4-6-21(15-20)36-43(39,40)23-17-32-37(3)18-23)27(42-28)24-9-10-30-29(34-24)33-22-7-8-25(31-16-22)38-11-13-41-14-12-38/h4-10,15-19,36H,11-14H2,1-3H3,(H,30,33,34). The third kappa shape index (κ3) is 6.50. The molecule has 12 nitrogen and oxygen atoms in total. The number of aromatic nitrogens is 6. The summed E-state index contributed by atoms with van der Waals surface area (Å²) in [4.78, 5) is 21.9. The predicted molar refractivity (Wildman–Crippen MR) is 167 cm³/mol. The van der Waals surface area contributed by atoms with Crippen LogP contribution in [0.3, 0.4) is 0 Å². The maximum absolute atomic E-state index is 12.9. The van der Waals surface area contributed by atoms with Gasteiger partial charge in [0, 0.05) is 49.7 Å². The fourth-order valence-corrected chi connectivity index (χ4v) is 6.64. The lowest BCUT2D eigenvalue weighted by atomic mass is 10.1. The predicted octanol–water partition coefficient (Wildman–Crippen LogP) is 4.90. The van der Waals surface area contributed by atoms with Gasteiger partial charge in [0.1, 0.15) is 10.7 Å². The fourth-order valence-electron chi connectivity index (χ4n) is 4.55. The SMILES string of the molecule is CC(C)c1nc(-c2cccc(NS(=O)(=O)c3cnn(C)c3)c2)c(-c2ccnc(Nc3ccc(N4CCOCC4)nc3)n2)s1. The van der Waals surface area contributed by atoms with Crippen LogP contribution in [0.15, 0.2) is 72.1 Å². The number of benzene rings is 1. The molecule has 43 heavy (non-hydrogen) atoms. The van der Waals surface area contributed by atoms with E-state index in [4.69, 9.17) is 14.7 Å². The highest BCUT2D eigenvalue weighted by Crippen LogP contribution is 2.39. The minimum Gasteiger partial charge on any atom is -0.378 e. The maximum atomic E-state index is 12.9. The summed E-state index contributed by atoms with van der Waals surface area (Å²) in [5.41, 5.74) is 3.38. The summed E-state index contributed by atoms with van der Waals surface area (Å²) >= 11 is 1.56. The van der Waals surface area contributed by atoms with Crippen molar-refractivity contribution in [3.8, 4) is 21.8 Å². The first-order valence-corrected chi connectivity index (χ1v) is 16.1. The molecule has 6 rings (SSSR count). The molecule has 1 aliphatic heterocycles. The summed E-state index contributed by atoms with van der Waals surface area (Å²) < 4.78 is 35.4. The van der Waals surface area contributed by atoms with E-state index in [0.717, 1.165) is 45.7 Å². The first kappa shape index (κ1) is 28.7. The summed E-state index contributed by atoms with van der Waals surface area (Å²) in [6, 6.07) is 13.0. The van der Waals surface area contributed by atoms with Gasteiger partial charge in [-0.25, -0.2) is 28.4 Å². The molecule has 0 radical (unpaired) electrons. The number of aryl methyl sites for hydroxylation is 1. The van der Waals surface area contributed by atoms with Gasteiger partial charge in [-0.3, -0.25) is 9.40 Å². The lowest BCUT2D eigenvalue weighted by Gasteiger charge is -2.27. The van der Waals surface area contributed by atoms with E-state index in [1.807, 2.05) is 24.3 Å². The van der Waals surface area contributed by atoms with E-state index in [2.05, 4.69) is 43.9 Å². The van der Waals surface area contributed by atoms with Crippen LogP contribution in [0.1, 0.15) is 24.8 Å². The van der Waals surface area contributed by atoms with Crippen LogP contribution in [-0.4, -0.2) is 64.4 Å². The quantitative estimate of drug-likeness (QED) is 0.235. The van der Waals surface area contributed by atoms with Gasteiger partial charge in [-0.2, -0.15) is 5.10 Å². The normalized spacial score (nSPS) is 13.8. The van der Waals surface area contributed by atoms with Crippen molar-refractivity contribution in [2.24, 2.45) is 7.05 Å². The molecule has 14 heteroatoms. The van der Waals surface area contributed by atoms with E-state index in [9.17, 15) is 8.42 Å². The van der Waals surface area contributed by atoms with E-state index in [1.165, 1.54) is 17.1 Å². The van der Waals surface area contributed by atoms with Crippen LogP contribution in [0, 0.1) is 0 Å². The van der Waals surface area contributed by atoms with Crippen molar-refractivity contribution in [2.45, 2.75) is 24.7 Å². The van der Waals surface area contributed by atoms with Gasteiger partial charge < -0.3 is 15.0 Å². The van der Waals surface area contributed by atoms with Gasteiger partial charge in [-0.05, 0) is 30.3 Å². The smallest absolute Gasteiger partial charge is 0.265 e. The van der Waals surface area contributed by atoms with Crippen LogP contribution in [0.2, 0.25) is 0 Å². The summed E-state index contributed by atoms with van der Waals surface area (Å²) in [6.07, 6.45) is 6.24. The summed E-state index contributed by atoms with van der Waals surface area (Å²) in [7, 11) is -2.13. The van der Waals surface area contributed by atoms with Gasteiger partial charge in [-0.1, -0.05) is 26.0 Å². The Hall–Kier alpha value is -4.40. The van der Waals surface area contributed by atoms with Crippen LogP contribution in [0.5, 0.6) is 0 Å². The van der Waals surface area contributed by atoms with Crippen molar-refractivity contribution in [1.29, 1.82) is 0 Å². The van der Waals surface area contributed by atoms with E-state index in [0.29, 0.717) is 30.5 Å². The monoisotopic (exact) mass is 617 g/mol. The lowest BCUT2D eigenvalue weighted by Crippen LogP contribution is -2.36. The van der Waals surface area contributed by atoms with Gasteiger partial charge in [0.05, 0.1) is 52.6 Å². The van der Waals surface area contributed by atoms with Crippen LogP contribution in [0.25, 0.3) is 21.8 Å². The number of rotatable bonds is 9. The van der Waals surface area contributed by atoms with E-state index >= 15 is 0 Å². The second-order valence-corrected chi connectivity index (χ2v) is 13.0. The van der Waals surface area contributed by atoms with Gasteiger partial charge in [-0.15, -0.1) is 11.3 Å². The highest BCUT2D eigenvalue weighted by molar-refractivity contribution is 7.92. The third-order valence-electron chi connectivity index (χ3n) is 6.74. The molecule has 5 heterocycles. The molecule has 0 atom stereocenters. The summed E-state index contributed by atoms with van der Waals surface area (Å²) in [6.45, 7) is 7.22. The number of hydrogen-bond donors (Lipinski definition) is 2. The number of anilines is 4. The first-order chi connectivity index (χ1) is 20.7. The van der Waals surface area contributed by atoms with Crippen molar-refractivity contribution in [3.05, 3.63) is 72.3 Å². The van der Waals surface area contributed by atoms with Gasteiger partial charge in [0.25, 0.3) is 10.0 Å². The average molecular weight is 618 g/mol. The minimum atomic E-state index is -3.80.